The van der Waals surface area contributed by atoms with Gasteiger partial charge in [0.15, 0.2) is 5.65 Å². The van der Waals surface area contributed by atoms with Crippen molar-refractivity contribution in [2.75, 3.05) is 7.11 Å². The number of halogens is 1. The van der Waals surface area contributed by atoms with E-state index in [-0.39, 0.29) is 5.38 Å². The summed E-state index contributed by atoms with van der Waals surface area (Å²) in [6.07, 6.45) is 3.52. The Hall–Kier alpha value is -1.13. The quantitative estimate of drug-likeness (QED) is 0.809. The van der Waals surface area contributed by atoms with E-state index in [1.165, 1.54) is 0 Å². The predicted octanol–water partition coefficient (Wildman–Crippen LogP) is 3.78. The van der Waals surface area contributed by atoms with Gasteiger partial charge in [0.1, 0.15) is 11.3 Å². The number of imidazole rings is 1. The van der Waals surface area contributed by atoms with E-state index in [9.17, 15) is 0 Å². The van der Waals surface area contributed by atoms with E-state index in [0.29, 0.717) is 12.1 Å². The minimum absolute atomic E-state index is 0.119. The summed E-state index contributed by atoms with van der Waals surface area (Å²) in [5.74, 6) is 0.918. The molecule has 0 spiro atoms. The van der Waals surface area contributed by atoms with Crippen LogP contribution in [0.15, 0.2) is 12.1 Å². The molecule has 0 radical (unpaired) electrons. The van der Waals surface area contributed by atoms with Crippen LogP contribution in [0.4, 0.5) is 0 Å². The smallest absolute Gasteiger partial charge is 0.160 e. The Kier molecular flexibility index (Phi) is 3.69. The number of rotatable bonds is 3. The molecule has 2 aromatic rings. The van der Waals surface area contributed by atoms with E-state index in [0.717, 1.165) is 41.9 Å². The first-order chi connectivity index (χ1) is 9.60. The van der Waals surface area contributed by atoms with Crippen molar-refractivity contribution in [2.45, 2.75) is 50.6 Å². The first-order valence-electron chi connectivity index (χ1n) is 7.12. The summed E-state index contributed by atoms with van der Waals surface area (Å²) in [4.78, 5) is 9.35. The lowest BCUT2D eigenvalue weighted by Crippen LogP contribution is -2.13. The number of ether oxygens (including phenoxy) is 1. The molecule has 3 unspecified atom stereocenters. The second kappa shape index (κ2) is 5.34. The molecular weight excluding hydrogens is 274 g/mol. The summed E-state index contributed by atoms with van der Waals surface area (Å²) in [5, 5.41) is -0.119. The number of hydrogen-bond donors (Lipinski definition) is 0. The van der Waals surface area contributed by atoms with Gasteiger partial charge in [0.05, 0.1) is 11.5 Å². The summed E-state index contributed by atoms with van der Waals surface area (Å²) in [5.41, 5.74) is 2.89. The molecule has 0 N–H and O–H groups in total. The van der Waals surface area contributed by atoms with E-state index in [2.05, 4.69) is 14.5 Å². The lowest BCUT2D eigenvalue weighted by atomic mass is 10.2. The van der Waals surface area contributed by atoms with Gasteiger partial charge in [-0.05, 0) is 45.2 Å². The lowest BCUT2D eigenvalue weighted by molar-refractivity contribution is 0.106. The van der Waals surface area contributed by atoms with Gasteiger partial charge < -0.3 is 9.30 Å². The molecule has 2 heterocycles. The zero-order chi connectivity index (χ0) is 14.3. The Balaban J connectivity index is 2.11. The highest BCUT2D eigenvalue weighted by molar-refractivity contribution is 6.20. The highest BCUT2D eigenvalue weighted by Gasteiger charge is 2.30. The molecule has 1 aliphatic carbocycles. The molecule has 3 atom stereocenters. The first-order valence-corrected chi connectivity index (χ1v) is 7.56. The molecule has 5 heteroatoms. The average molecular weight is 294 g/mol. The van der Waals surface area contributed by atoms with Crippen molar-refractivity contribution in [1.29, 1.82) is 0 Å². The Morgan fingerprint density at radius 1 is 1.35 bits per heavy atom. The maximum absolute atomic E-state index is 6.33. The molecule has 20 heavy (non-hydrogen) atoms. The van der Waals surface area contributed by atoms with Gasteiger partial charge in [-0.3, -0.25) is 0 Å². The average Bonchev–Trinajstić information content (AvgIpc) is 3.01. The van der Waals surface area contributed by atoms with Crippen LogP contribution in [0.1, 0.15) is 49.1 Å². The van der Waals surface area contributed by atoms with Crippen molar-refractivity contribution in [1.82, 2.24) is 14.5 Å². The molecule has 0 aromatic carbocycles. The van der Waals surface area contributed by atoms with Gasteiger partial charge in [-0.25, -0.2) is 9.97 Å². The number of aryl methyl sites for hydroxylation is 1. The number of nitrogens with zero attached hydrogens (tertiary/aromatic N) is 3. The monoisotopic (exact) mass is 293 g/mol. The van der Waals surface area contributed by atoms with Crippen molar-refractivity contribution in [3.8, 4) is 0 Å². The predicted molar refractivity (Wildman–Crippen MR) is 80.2 cm³/mol. The van der Waals surface area contributed by atoms with Gasteiger partial charge >= 0.3 is 0 Å². The standard InChI is InChI=1S/C15H20ClN3O/c1-9-4-7-13-15(17-9)19(14(18-13)10(2)16)11-5-6-12(8-11)20-3/h4,7,10-12H,5-6,8H2,1-3H3. The molecular formula is C15H20ClN3O. The number of pyridine rings is 1. The fourth-order valence-corrected chi connectivity index (χ4v) is 3.25. The first kappa shape index (κ1) is 13.8. The maximum Gasteiger partial charge on any atom is 0.160 e. The summed E-state index contributed by atoms with van der Waals surface area (Å²) in [6, 6.07) is 4.41. The normalized spacial score (nSPS) is 24.4. The van der Waals surface area contributed by atoms with Crippen LogP contribution in [0.5, 0.6) is 0 Å². The molecule has 3 rings (SSSR count). The molecule has 0 aliphatic heterocycles. The third kappa shape index (κ3) is 2.31. The topological polar surface area (TPSA) is 39.9 Å². The summed E-state index contributed by atoms with van der Waals surface area (Å²) >= 11 is 6.33. The van der Waals surface area contributed by atoms with Crippen molar-refractivity contribution in [3.63, 3.8) is 0 Å². The molecule has 1 fully saturated rings. The second-order valence-electron chi connectivity index (χ2n) is 5.58. The lowest BCUT2D eigenvalue weighted by Gasteiger charge is -2.17. The Labute approximate surface area is 124 Å². The minimum atomic E-state index is -0.119. The third-order valence-electron chi connectivity index (χ3n) is 4.11. The van der Waals surface area contributed by atoms with Crippen LogP contribution in [-0.2, 0) is 4.74 Å². The number of fused-ring (bicyclic) bond motifs is 1. The minimum Gasteiger partial charge on any atom is -0.381 e. The van der Waals surface area contributed by atoms with E-state index < -0.39 is 0 Å². The van der Waals surface area contributed by atoms with Crippen LogP contribution in [0.25, 0.3) is 11.2 Å². The van der Waals surface area contributed by atoms with Crippen LogP contribution in [0.2, 0.25) is 0 Å². The van der Waals surface area contributed by atoms with Crippen molar-refractivity contribution < 1.29 is 4.74 Å². The molecule has 0 saturated heterocycles. The largest absolute Gasteiger partial charge is 0.381 e. The van der Waals surface area contributed by atoms with Crippen LogP contribution in [0.3, 0.4) is 0 Å². The van der Waals surface area contributed by atoms with Crippen LogP contribution in [-0.4, -0.2) is 27.7 Å². The molecule has 0 amide bonds. The molecule has 1 aliphatic rings. The Morgan fingerprint density at radius 3 is 2.80 bits per heavy atom. The van der Waals surface area contributed by atoms with Crippen LogP contribution >= 0.6 is 11.6 Å². The summed E-state index contributed by atoms with van der Waals surface area (Å²) in [7, 11) is 1.78. The van der Waals surface area contributed by atoms with Gasteiger partial charge in [0, 0.05) is 18.8 Å². The van der Waals surface area contributed by atoms with Gasteiger partial charge in [-0.1, -0.05) is 0 Å². The maximum atomic E-state index is 6.33. The van der Waals surface area contributed by atoms with Crippen molar-refractivity contribution in [2.24, 2.45) is 0 Å². The van der Waals surface area contributed by atoms with Crippen LogP contribution in [0, 0.1) is 6.92 Å². The fraction of sp³-hybridized carbons (Fsp3) is 0.600. The van der Waals surface area contributed by atoms with E-state index in [1.54, 1.807) is 7.11 Å². The number of methoxy groups -OCH3 is 1. The summed E-state index contributed by atoms with van der Waals surface area (Å²) in [6.45, 7) is 3.97. The molecule has 108 valence electrons. The van der Waals surface area contributed by atoms with E-state index in [1.807, 2.05) is 26.0 Å². The Morgan fingerprint density at radius 2 is 2.15 bits per heavy atom. The van der Waals surface area contributed by atoms with Gasteiger partial charge in [-0.2, -0.15) is 0 Å². The second-order valence-corrected chi connectivity index (χ2v) is 6.23. The molecule has 1 saturated carbocycles. The zero-order valence-electron chi connectivity index (χ0n) is 12.1. The zero-order valence-corrected chi connectivity index (χ0v) is 12.9. The molecule has 2 aromatic heterocycles. The van der Waals surface area contributed by atoms with Crippen molar-refractivity contribution in [3.05, 3.63) is 23.7 Å². The van der Waals surface area contributed by atoms with Gasteiger partial charge in [0.25, 0.3) is 0 Å². The highest BCUT2D eigenvalue weighted by atomic mass is 35.5. The number of alkyl halides is 1. The van der Waals surface area contributed by atoms with Gasteiger partial charge in [-0.15, -0.1) is 11.6 Å². The highest BCUT2D eigenvalue weighted by Crippen LogP contribution is 2.37. The number of aromatic nitrogens is 3. The van der Waals surface area contributed by atoms with E-state index in [4.69, 9.17) is 16.3 Å². The SMILES string of the molecule is COC1CCC(n2c(C(C)Cl)nc3ccc(C)nc32)C1. The van der Waals surface area contributed by atoms with E-state index >= 15 is 0 Å². The molecule has 0 bridgehead atoms. The Bertz CT molecular complexity index is 623. The van der Waals surface area contributed by atoms with Crippen LogP contribution < -0.4 is 0 Å². The van der Waals surface area contributed by atoms with Gasteiger partial charge in [0.2, 0.25) is 0 Å². The third-order valence-corrected chi connectivity index (χ3v) is 4.31. The summed E-state index contributed by atoms with van der Waals surface area (Å²) < 4.78 is 7.72. The molecule has 4 nitrogen and oxygen atoms in total. The van der Waals surface area contributed by atoms with Crippen molar-refractivity contribution >= 4 is 22.8 Å². The fourth-order valence-electron chi connectivity index (χ4n) is 3.09. The number of hydrogen-bond acceptors (Lipinski definition) is 3.